The maximum Gasteiger partial charge on any atom is 0.246 e. The molecule has 0 amide bonds. The van der Waals surface area contributed by atoms with E-state index >= 15 is 0 Å². The summed E-state index contributed by atoms with van der Waals surface area (Å²) in [4.78, 5) is -0.435. The van der Waals surface area contributed by atoms with Gasteiger partial charge in [-0.2, -0.15) is 4.31 Å². The number of ether oxygens (including phenoxy) is 4. The van der Waals surface area contributed by atoms with Gasteiger partial charge in [0.15, 0.2) is 17.8 Å². The van der Waals surface area contributed by atoms with Crippen molar-refractivity contribution in [3.8, 4) is 11.5 Å². The van der Waals surface area contributed by atoms with Gasteiger partial charge in [-0.05, 0) is 12.8 Å². The molecule has 1 aromatic rings. The van der Waals surface area contributed by atoms with E-state index in [4.69, 9.17) is 18.9 Å². The van der Waals surface area contributed by atoms with Gasteiger partial charge in [0.25, 0.3) is 0 Å². The highest BCUT2D eigenvalue weighted by molar-refractivity contribution is 7.89. The second-order valence-corrected chi connectivity index (χ2v) is 7.79. The first-order chi connectivity index (χ1) is 12.0. The van der Waals surface area contributed by atoms with Gasteiger partial charge in [0, 0.05) is 18.7 Å². The molecule has 2 aliphatic heterocycles. The molecule has 140 valence electrons. The number of halogens is 1. The van der Waals surface area contributed by atoms with Crippen molar-refractivity contribution in [3.63, 3.8) is 0 Å². The maximum absolute atomic E-state index is 14.5. The molecule has 7 nitrogen and oxygen atoms in total. The largest absolute Gasteiger partial charge is 0.493 e. The van der Waals surface area contributed by atoms with E-state index in [-0.39, 0.29) is 11.5 Å². The number of benzene rings is 1. The Morgan fingerprint density at radius 2 is 1.76 bits per heavy atom. The molecule has 2 fully saturated rings. The van der Waals surface area contributed by atoms with Gasteiger partial charge in [-0.25, -0.2) is 12.8 Å². The number of piperidine rings is 1. The van der Waals surface area contributed by atoms with Crippen LogP contribution in [0.3, 0.4) is 0 Å². The van der Waals surface area contributed by atoms with Gasteiger partial charge in [0.05, 0.1) is 33.5 Å². The zero-order chi connectivity index (χ0) is 18.0. The molecule has 1 unspecified atom stereocenters. The molecule has 2 saturated heterocycles. The lowest BCUT2D eigenvalue weighted by molar-refractivity contribution is -0.0913. The van der Waals surface area contributed by atoms with E-state index in [1.54, 1.807) is 0 Å². The highest BCUT2D eigenvalue weighted by Crippen LogP contribution is 2.36. The van der Waals surface area contributed by atoms with E-state index in [9.17, 15) is 12.8 Å². The van der Waals surface area contributed by atoms with Crippen LogP contribution in [0.4, 0.5) is 4.39 Å². The van der Waals surface area contributed by atoms with Crippen LogP contribution in [0, 0.1) is 5.82 Å². The minimum atomic E-state index is -4.07. The Hall–Kier alpha value is -1.42. The predicted octanol–water partition coefficient (Wildman–Crippen LogP) is 1.76. The Labute approximate surface area is 146 Å². The summed E-state index contributed by atoms with van der Waals surface area (Å²) in [7, 11) is -1.34. The minimum Gasteiger partial charge on any atom is -0.493 e. The molecule has 3 rings (SSSR count). The van der Waals surface area contributed by atoms with Crippen LogP contribution in [0.25, 0.3) is 0 Å². The average molecular weight is 375 g/mol. The third-order valence-electron chi connectivity index (χ3n) is 4.48. The van der Waals surface area contributed by atoms with Gasteiger partial charge in [-0.1, -0.05) is 6.42 Å². The normalized spacial score (nSPS) is 22.9. The molecule has 1 atom stereocenters. The second kappa shape index (κ2) is 7.45. The predicted molar refractivity (Wildman–Crippen MR) is 86.7 cm³/mol. The minimum absolute atomic E-state index is 0.136. The summed E-state index contributed by atoms with van der Waals surface area (Å²) in [6.07, 6.45) is 1.57. The number of hydrogen-bond acceptors (Lipinski definition) is 6. The van der Waals surface area contributed by atoms with Gasteiger partial charge < -0.3 is 18.9 Å². The zero-order valence-corrected chi connectivity index (χ0v) is 15.1. The average Bonchev–Trinajstić information content (AvgIpc) is 3.15. The van der Waals surface area contributed by atoms with Crippen LogP contribution in [0.15, 0.2) is 17.0 Å². The van der Waals surface area contributed by atoms with Crippen molar-refractivity contribution in [2.24, 2.45) is 0 Å². The third kappa shape index (κ3) is 3.46. The van der Waals surface area contributed by atoms with E-state index in [1.165, 1.54) is 18.5 Å². The molecule has 0 radical (unpaired) electrons. The summed E-state index contributed by atoms with van der Waals surface area (Å²) in [6.45, 7) is 1.16. The van der Waals surface area contributed by atoms with Crippen LogP contribution in [-0.2, 0) is 19.5 Å². The van der Waals surface area contributed by atoms with Crippen molar-refractivity contribution in [1.29, 1.82) is 0 Å². The number of hydrogen-bond donors (Lipinski definition) is 0. The maximum atomic E-state index is 14.5. The van der Waals surface area contributed by atoms with Crippen molar-refractivity contribution in [3.05, 3.63) is 17.9 Å². The quantitative estimate of drug-likeness (QED) is 0.781. The molecule has 2 aliphatic rings. The second-order valence-electron chi connectivity index (χ2n) is 5.93. The summed E-state index contributed by atoms with van der Waals surface area (Å²) >= 11 is 0. The summed E-state index contributed by atoms with van der Waals surface area (Å²) in [5.41, 5.74) is 0. The zero-order valence-electron chi connectivity index (χ0n) is 14.2. The lowest BCUT2D eigenvalue weighted by Gasteiger charge is -2.36. The van der Waals surface area contributed by atoms with Crippen molar-refractivity contribution in [2.75, 3.05) is 34.0 Å². The van der Waals surface area contributed by atoms with Crippen LogP contribution < -0.4 is 9.47 Å². The van der Waals surface area contributed by atoms with Crippen LogP contribution in [0.1, 0.15) is 19.3 Å². The molecule has 0 spiro atoms. The molecular formula is C16H22FNO6S. The smallest absolute Gasteiger partial charge is 0.246 e. The Morgan fingerprint density at radius 1 is 1.12 bits per heavy atom. The Kier molecular flexibility index (Phi) is 5.47. The van der Waals surface area contributed by atoms with Crippen molar-refractivity contribution in [2.45, 2.75) is 36.5 Å². The van der Waals surface area contributed by atoms with Crippen molar-refractivity contribution in [1.82, 2.24) is 4.31 Å². The summed E-state index contributed by atoms with van der Waals surface area (Å²) in [5, 5.41) is 0. The van der Waals surface area contributed by atoms with E-state index < -0.39 is 33.1 Å². The van der Waals surface area contributed by atoms with Gasteiger partial charge >= 0.3 is 0 Å². The lowest BCUT2D eigenvalue weighted by Crippen LogP contribution is -2.50. The van der Waals surface area contributed by atoms with Crippen molar-refractivity contribution < 1.29 is 31.8 Å². The molecule has 0 N–H and O–H groups in total. The van der Waals surface area contributed by atoms with E-state index in [2.05, 4.69) is 0 Å². The van der Waals surface area contributed by atoms with Crippen LogP contribution in [-0.4, -0.2) is 59.0 Å². The molecule has 2 heterocycles. The molecule has 0 saturated carbocycles. The SMILES string of the molecule is COc1cc(F)c(S(=O)(=O)N2CCCCC2C2OCCO2)cc1OC. The highest BCUT2D eigenvalue weighted by atomic mass is 32.2. The standard InChI is InChI=1S/C16H22FNO6S/c1-21-13-9-11(17)15(10-14(13)22-2)25(19,20)18-6-4-3-5-12(18)16-23-7-8-24-16/h9-10,12,16H,3-8H2,1-2H3. The number of methoxy groups -OCH3 is 2. The summed E-state index contributed by atoms with van der Waals surface area (Å²) in [6, 6.07) is 1.72. The summed E-state index contributed by atoms with van der Waals surface area (Å²) < 4.78 is 63.2. The van der Waals surface area contributed by atoms with E-state index in [0.29, 0.717) is 32.6 Å². The first-order valence-electron chi connectivity index (χ1n) is 8.15. The number of rotatable bonds is 5. The Balaban J connectivity index is 1.99. The lowest BCUT2D eigenvalue weighted by atomic mass is 10.0. The molecule has 0 aromatic heterocycles. The molecule has 25 heavy (non-hydrogen) atoms. The van der Waals surface area contributed by atoms with Gasteiger partial charge in [-0.15, -0.1) is 0 Å². The number of nitrogens with zero attached hydrogens (tertiary/aromatic N) is 1. The van der Waals surface area contributed by atoms with Gasteiger partial charge in [0.1, 0.15) is 10.7 Å². The van der Waals surface area contributed by atoms with E-state index in [0.717, 1.165) is 18.6 Å². The summed E-state index contributed by atoms with van der Waals surface area (Å²) in [5.74, 6) is -0.587. The van der Waals surface area contributed by atoms with Crippen LogP contribution in [0.5, 0.6) is 11.5 Å². The van der Waals surface area contributed by atoms with Crippen LogP contribution >= 0.6 is 0 Å². The van der Waals surface area contributed by atoms with E-state index in [1.807, 2.05) is 0 Å². The fourth-order valence-electron chi connectivity index (χ4n) is 3.26. The highest BCUT2D eigenvalue weighted by Gasteiger charge is 2.41. The monoisotopic (exact) mass is 375 g/mol. The fraction of sp³-hybridized carbons (Fsp3) is 0.625. The molecular weight excluding hydrogens is 353 g/mol. The fourth-order valence-corrected chi connectivity index (χ4v) is 5.00. The molecule has 0 bridgehead atoms. The molecule has 0 aliphatic carbocycles. The first kappa shape index (κ1) is 18.4. The van der Waals surface area contributed by atoms with Gasteiger partial charge in [0.2, 0.25) is 10.0 Å². The number of sulfonamides is 1. The first-order valence-corrected chi connectivity index (χ1v) is 9.59. The Bertz CT molecular complexity index is 720. The van der Waals surface area contributed by atoms with Crippen LogP contribution in [0.2, 0.25) is 0 Å². The molecule has 9 heteroatoms. The molecule has 1 aromatic carbocycles. The van der Waals surface area contributed by atoms with Crippen molar-refractivity contribution >= 4 is 10.0 Å². The van der Waals surface area contributed by atoms with Gasteiger partial charge in [-0.3, -0.25) is 0 Å². The topological polar surface area (TPSA) is 74.3 Å². The Morgan fingerprint density at radius 3 is 2.40 bits per heavy atom. The third-order valence-corrected chi connectivity index (χ3v) is 6.42.